The van der Waals surface area contributed by atoms with Crippen LogP contribution in [-0.2, 0) is 10.2 Å². The molecule has 3 aromatic rings. The summed E-state index contributed by atoms with van der Waals surface area (Å²) in [5, 5.41) is 18.6. The van der Waals surface area contributed by atoms with E-state index in [0.29, 0.717) is 5.82 Å². The quantitative estimate of drug-likeness (QED) is 0.410. The number of anilines is 1. The average Bonchev–Trinajstić information content (AvgIpc) is 3.21. The summed E-state index contributed by atoms with van der Waals surface area (Å²) in [5.41, 5.74) is 2.46. The van der Waals surface area contributed by atoms with E-state index in [1.165, 1.54) is 29.2 Å². The van der Waals surface area contributed by atoms with Crippen LogP contribution in [-0.4, -0.2) is 44.5 Å². The Morgan fingerprint density at radius 3 is 2.38 bits per heavy atom. The van der Waals surface area contributed by atoms with Crippen molar-refractivity contribution in [2.45, 2.75) is 40.0 Å². The molecule has 1 heterocycles. The van der Waals surface area contributed by atoms with E-state index in [9.17, 15) is 19.7 Å². The van der Waals surface area contributed by atoms with Gasteiger partial charge in [-0.3, -0.25) is 19.7 Å². The van der Waals surface area contributed by atoms with Gasteiger partial charge in [0.1, 0.15) is 12.4 Å². The molecule has 9 nitrogen and oxygen atoms in total. The molecule has 178 valence electrons. The van der Waals surface area contributed by atoms with Crippen molar-refractivity contribution in [2.75, 3.05) is 18.4 Å². The lowest BCUT2D eigenvalue weighted by Gasteiger charge is -2.20. The molecule has 0 aliphatic heterocycles. The summed E-state index contributed by atoms with van der Waals surface area (Å²) in [4.78, 5) is 37.7. The second-order valence-electron chi connectivity index (χ2n) is 9.09. The number of rotatable bonds is 7. The van der Waals surface area contributed by atoms with Crippen LogP contribution < -0.4 is 5.32 Å². The zero-order valence-electron chi connectivity index (χ0n) is 20.0. The predicted molar refractivity (Wildman–Crippen MR) is 130 cm³/mol. The lowest BCUT2D eigenvalue weighted by Crippen LogP contribution is -2.38. The van der Waals surface area contributed by atoms with E-state index in [4.69, 9.17) is 5.10 Å². The number of aryl methyl sites for hydroxylation is 1. The molecular formula is C25H29N5O4. The van der Waals surface area contributed by atoms with Crippen molar-refractivity contribution in [2.24, 2.45) is 0 Å². The topological polar surface area (TPSA) is 110 Å². The Kier molecular flexibility index (Phi) is 7.14. The first-order chi connectivity index (χ1) is 16.0. The number of nitrogens with zero attached hydrogens (tertiary/aromatic N) is 4. The Balaban J connectivity index is 1.83. The van der Waals surface area contributed by atoms with Crippen LogP contribution in [0.1, 0.15) is 49.3 Å². The molecule has 1 aromatic heterocycles. The monoisotopic (exact) mass is 463 g/mol. The third-order valence-electron chi connectivity index (χ3n) is 5.33. The molecule has 2 aromatic carbocycles. The maximum atomic E-state index is 12.9. The summed E-state index contributed by atoms with van der Waals surface area (Å²) < 4.78 is 1.68. The first kappa shape index (κ1) is 24.6. The number of aromatic nitrogens is 2. The second-order valence-corrected chi connectivity index (χ2v) is 9.09. The summed E-state index contributed by atoms with van der Waals surface area (Å²) in [5.74, 6) is -0.351. The Morgan fingerprint density at radius 1 is 1.12 bits per heavy atom. The third kappa shape index (κ3) is 5.67. The number of likely N-dealkylation sites (N-methyl/N-ethyl adjacent to an activating group) is 1. The maximum Gasteiger partial charge on any atom is 0.270 e. The number of nitrogens with one attached hydrogen (secondary N) is 1. The van der Waals surface area contributed by atoms with Crippen LogP contribution >= 0.6 is 0 Å². The molecule has 0 atom stereocenters. The fourth-order valence-electron chi connectivity index (χ4n) is 3.34. The van der Waals surface area contributed by atoms with Crippen LogP contribution in [0, 0.1) is 17.0 Å². The molecule has 34 heavy (non-hydrogen) atoms. The standard InChI is InChI=1S/C25H29N5O4/c1-6-28(24(32)18-8-7-9-20(14-18)30(33)34)16-23(31)26-22-15-21(25(3,4)5)27-29(22)19-12-10-17(2)11-13-19/h7-15H,6,16H2,1-5H3,(H,26,31). The van der Waals surface area contributed by atoms with Crippen LogP contribution in [0.2, 0.25) is 0 Å². The van der Waals surface area contributed by atoms with Crippen LogP contribution in [0.3, 0.4) is 0 Å². The van der Waals surface area contributed by atoms with E-state index in [1.807, 2.05) is 58.0 Å². The predicted octanol–water partition coefficient (Wildman–Crippen LogP) is 4.49. The highest BCUT2D eigenvalue weighted by Gasteiger charge is 2.23. The Hall–Kier alpha value is -4.01. The van der Waals surface area contributed by atoms with Gasteiger partial charge in [0.05, 0.1) is 16.3 Å². The fraction of sp³-hybridized carbons (Fsp3) is 0.320. The third-order valence-corrected chi connectivity index (χ3v) is 5.33. The van der Waals surface area contributed by atoms with Crippen LogP contribution in [0.5, 0.6) is 0 Å². The van der Waals surface area contributed by atoms with E-state index in [2.05, 4.69) is 5.32 Å². The minimum atomic E-state index is -0.557. The summed E-state index contributed by atoms with van der Waals surface area (Å²) in [6, 6.07) is 15.1. The van der Waals surface area contributed by atoms with E-state index in [1.54, 1.807) is 11.6 Å². The number of hydrogen-bond acceptors (Lipinski definition) is 5. The lowest BCUT2D eigenvalue weighted by molar-refractivity contribution is -0.384. The molecule has 0 saturated heterocycles. The van der Waals surface area contributed by atoms with Crippen molar-refractivity contribution >= 4 is 23.3 Å². The van der Waals surface area contributed by atoms with E-state index < -0.39 is 16.7 Å². The number of benzene rings is 2. The Labute approximate surface area is 198 Å². The van der Waals surface area contributed by atoms with Crippen molar-refractivity contribution in [3.8, 4) is 5.69 Å². The van der Waals surface area contributed by atoms with Crippen molar-refractivity contribution in [3.05, 3.63) is 81.5 Å². The van der Waals surface area contributed by atoms with E-state index in [-0.39, 0.29) is 29.8 Å². The van der Waals surface area contributed by atoms with Gasteiger partial charge < -0.3 is 10.2 Å². The second kappa shape index (κ2) is 9.86. The van der Waals surface area contributed by atoms with E-state index >= 15 is 0 Å². The molecule has 9 heteroatoms. The maximum absolute atomic E-state index is 12.9. The number of amides is 2. The highest BCUT2D eigenvalue weighted by Crippen LogP contribution is 2.26. The van der Waals surface area contributed by atoms with Gasteiger partial charge in [0.2, 0.25) is 5.91 Å². The minimum absolute atomic E-state index is 0.156. The number of carbonyl (C=O) groups excluding carboxylic acids is 2. The van der Waals surface area contributed by atoms with Crippen molar-refractivity contribution in [1.29, 1.82) is 0 Å². The highest BCUT2D eigenvalue weighted by atomic mass is 16.6. The van der Waals surface area contributed by atoms with Crippen molar-refractivity contribution in [3.63, 3.8) is 0 Å². The van der Waals surface area contributed by atoms with Gasteiger partial charge in [0, 0.05) is 35.7 Å². The summed E-state index contributed by atoms with van der Waals surface area (Å²) >= 11 is 0. The first-order valence-corrected chi connectivity index (χ1v) is 11.0. The molecule has 3 rings (SSSR count). The Bertz CT molecular complexity index is 1210. The van der Waals surface area contributed by atoms with Crippen LogP contribution in [0.15, 0.2) is 54.6 Å². The van der Waals surface area contributed by atoms with Gasteiger partial charge >= 0.3 is 0 Å². The largest absolute Gasteiger partial charge is 0.330 e. The molecule has 1 N–H and O–H groups in total. The Morgan fingerprint density at radius 2 is 1.79 bits per heavy atom. The number of nitro groups is 1. The minimum Gasteiger partial charge on any atom is -0.330 e. The lowest BCUT2D eigenvalue weighted by atomic mass is 9.92. The van der Waals surface area contributed by atoms with Crippen molar-refractivity contribution < 1.29 is 14.5 Å². The average molecular weight is 464 g/mol. The molecule has 0 aliphatic carbocycles. The first-order valence-electron chi connectivity index (χ1n) is 11.0. The van der Waals surface area contributed by atoms with Gasteiger partial charge in [-0.05, 0) is 32.0 Å². The molecule has 0 bridgehead atoms. The van der Waals surface area contributed by atoms with Crippen molar-refractivity contribution in [1.82, 2.24) is 14.7 Å². The number of carbonyl (C=O) groups is 2. The van der Waals surface area contributed by atoms with Crippen LogP contribution in [0.4, 0.5) is 11.5 Å². The molecule has 0 saturated carbocycles. The van der Waals surface area contributed by atoms with Gasteiger partial charge in [0.15, 0.2) is 0 Å². The summed E-state index contributed by atoms with van der Waals surface area (Å²) in [7, 11) is 0. The zero-order chi connectivity index (χ0) is 25.0. The number of non-ortho nitro benzene ring substituents is 1. The zero-order valence-corrected chi connectivity index (χ0v) is 20.0. The smallest absolute Gasteiger partial charge is 0.270 e. The van der Waals surface area contributed by atoms with Gasteiger partial charge in [-0.15, -0.1) is 0 Å². The molecule has 0 spiro atoms. The number of hydrogen-bond donors (Lipinski definition) is 1. The summed E-state index contributed by atoms with van der Waals surface area (Å²) in [6.07, 6.45) is 0. The highest BCUT2D eigenvalue weighted by molar-refractivity contribution is 5.99. The van der Waals surface area contributed by atoms with Gasteiger partial charge in [0.25, 0.3) is 11.6 Å². The summed E-state index contributed by atoms with van der Waals surface area (Å²) in [6.45, 7) is 9.91. The fourth-order valence-corrected chi connectivity index (χ4v) is 3.34. The molecule has 0 radical (unpaired) electrons. The van der Waals surface area contributed by atoms with Gasteiger partial charge in [-0.25, -0.2) is 4.68 Å². The van der Waals surface area contributed by atoms with Crippen LogP contribution in [0.25, 0.3) is 5.69 Å². The molecular weight excluding hydrogens is 434 g/mol. The van der Waals surface area contributed by atoms with E-state index in [0.717, 1.165) is 16.9 Å². The molecule has 0 fully saturated rings. The van der Waals surface area contributed by atoms with Gasteiger partial charge in [-0.1, -0.05) is 44.5 Å². The molecule has 2 amide bonds. The molecule has 0 aliphatic rings. The number of nitro benzene ring substituents is 1. The van der Waals surface area contributed by atoms with Gasteiger partial charge in [-0.2, -0.15) is 5.10 Å². The molecule has 0 unspecified atom stereocenters. The normalized spacial score (nSPS) is 11.2. The SMILES string of the molecule is CCN(CC(=O)Nc1cc(C(C)(C)C)nn1-c1ccc(C)cc1)C(=O)c1cccc([N+](=O)[O-])c1.